The SMILES string of the molecule is C=CC=CC1OC(C)CC1O. The minimum Gasteiger partial charge on any atom is -0.390 e. The van der Waals surface area contributed by atoms with Crippen LogP contribution >= 0.6 is 0 Å². The highest BCUT2D eigenvalue weighted by Crippen LogP contribution is 2.20. The van der Waals surface area contributed by atoms with Gasteiger partial charge in [-0.25, -0.2) is 0 Å². The molecule has 11 heavy (non-hydrogen) atoms. The molecular weight excluding hydrogens is 140 g/mol. The molecule has 3 unspecified atom stereocenters. The standard InChI is InChI=1S/C9H14O2/c1-3-4-5-9-8(10)6-7(2)11-9/h3-5,7-10H,1,6H2,2H3. The predicted octanol–water partition coefficient (Wildman–Crippen LogP) is 1.27. The predicted molar refractivity (Wildman–Crippen MR) is 44.3 cm³/mol. The van der Waals surface area contributed by atoms with E-state index in [4.69, 9.17) is 4.74 Å². The lowest BCUT2D eigenvalue weighted by Crippen LogP contribution is -2.17. The monoisotopic (exact) mass is 154 g/mol. The van der Waals surface area contributed by atoms with Gasteiger partial charge in [-0.15, -0.1) is 0 Å². The van der Waals surface area contributed by atoms with Crippen molar-refractivity contribution in [2.75, 3.05) is 0 Å². The third-order valence-corrected chi connectivity index (χ3v) is 1.78. The maximum absolute atomic E-state index is 9.38. The van der Waals surface area contributed by atoms with E-state index in [-0.39, 0.29) is 18.3 Å². The summed E-state index contributed by atoms with van der Waals surface area (Å²) in [5, 5.41) is 9.38. The quantitative estimate of drug-likeness (QED) is 0.607. The molecule has 1 fully saturated rings. The van der Waals surface area contributed by atoms with Crippen LogP contribution in [0.4, 0.5) is 0 Å². The first kappa shape index (κ1) is 8.50. The Balaban J connectivity index is 2.46. The first-order chi connectivity index (χ1) is 5.24. The molecule has 0 spiro atoms. The summed E-state index contributed by atoms with van der Waals surface area (Å²) in [5.74, 6) is 0. The zero-order valence-corrected chi connectivity index (χ0v) is 6.73. The van der Waals surface area contributed by atoms with Crippen molar-refractivity contribution in [1.82, 2.24) is 0 Å². The van der Waals surface area contributed by atoms with Crippen molar-refractivity contribution in [2.24, 2.45) is 0 Å². The molecule has 1 aliphatic heterocycles. The Kier molecular flexibility index (Phi) is 2.85. The molecule has 0 aromatic carbocycles. The molecule has 1 aliphatic rings. The fourth-order valence-corrected chi connectivity index (χ4v) is 1.25. The number of ether oxygens (including phenoxy) is 1. The summed E-state index contributed by atoms with van der Waals surface area (Å²) in [6.45, 7) is 5.50. The van der Waals surface area contributed by atoms with Gasteiger partial charge in [0, 0.05) is 6.42 Å². The Morgan fingerprint density at radius 2 is 2.36 bits per heavy atom. The van der Waals surface area contributed by atoms with Gasteiger partial charge in [0.15, 0.2) is 0 Å². The Morgan fingerprint density at radius 3 is 2.82 bits per heavy atom. The van der Waals surface area contributed by atoms with E-state index in [1.807, 2.05) is 13.0 Å². The first-order valence-electron chi connectivity index (χ1n) is 3.87. The maximum atomic E-state index is 9.38. The Morgan fingerprint density at radius 1 is 1.64 bits per heavy atom. The van der Waals surface area contributed by atoms with Crippen LogP contribution in [0.25, 0.3) is 0 Å². The summed E-state index contributed by atoms with van der Waals surface area (Å²) < 4.78 is 5.39. The van der Waals surface area contributed by atoms with Crippen LogP contribution in [0.1, 0.15) is 13.3 Å². The highest BCUT2D eigenvalue weighted by molar-refractivity contribution is 5.04. The normalized spacial score (nSPS) is 38.2. The van der Waals surface area contributed by atoms with E-state index in [2.05, 4.69) is 6.58 Å². The summed E-state index contributed by atoms with van der Waals surface area (Å²) >= 11 is 0. The summed E-state index contributed by atoms with van der Waals surface area (Å²) in [5.41, 5.74) is 0. The molecule has 3 atom stereocenters. The molecule has 0 saturated carbocycles. The molecule has 1 heterocycles. The molecule has 0 radical (unpaired) electrons. The number of rotatable bonds is 2. The van der Waals surface area contributed by atoms with Crippen LogP contribution in [-0.2, 0) is 4.74 Å². The molecule has 62 valence electrons. The van der Waals surface area contributed by atoms with Crippen molar-refractivity contribution in [3.8, 4) is 0 Å². The topological polar surface area (TPSA) is 29.5 Å². The Hall–Kier alpha value is -0.600. The van der Waals surface area contributed by atoms with E-state index in [1.54, 1.807) is 12.2 Å². The van der Waals surface area contributed by atoms with E-state index in [0.717, 1.165) is 6.42 Å². The van der Waals surface area contributed by atoms with Crippen LogP contribution in [0.2, 0.25) is 0 Å². The summed E-state index contributed by atoms with van der Waals surface area (Å²) in [7, 11) is 0. The molecule has 2 nitrogen and oxygen atoms in total. The molecule has 1 N–H and O–H groups in total. The molecule has 0 aromatic rings. The largest absolute Gasteiger partial charge is 0.390 e. The lowest BCUT2D eigenvalue weighted by molar-refractivity contribution is 0.0469. The van der Waals surface area contributed by atoms with E-state index in [0.29, 0.717) is 0 Å². The van der Waals surface area contributed by atoms with Crippen molar-refractivity contribution in [3.05, 3.63) is 24.8 Å². The van der Waals surface area contributed by atoms with Gasteiger partial charge < -0.3 is 9.84 Å². The molecule has 0 aromatic heterocycles. The van der Waals surface area contributed by atoms with Crippen molar-refractivity contribution < 1.29 is 9.84 Å². The summed E-state index contributed by atoms with van der Waals surface area (Å²) in [4.78, 5) is 0. The van der Waals surface area contributed by atoms with Gasteiger partial charge in [-0.1, -0.05) is 24.8 Å². The van der Waals surface area contributed by atoms with Crippen LogP contribution in [0.5, 0.6) is 0 Å². The fraction of sp³-hybridized carbons (Fsp3) is 0.556. The van der Waals surface area contributed by atoms with Crippen molar-refractivity contribution >= 4 is 0 Å². The molecule has 0 aliphatic carbocycles. The van der Waals surface area contributed by atoms with Crippen molar-refractivity contribution in [3.63, 3.8) is 0 Å². The number of hydrogen-bond donors (Lipinski definition) is 1. The summed E-state index contributed by atoms with van der Waals surface area (Å²) in [6, 6.07) is 0. The van der Waals surface area contributed by atoms with Crippen LogP contribution in [0, 0.1) is 0 Å². The van der Waals surface area contributed by atoms with Gasteiger partial charge in [-0.2, -0.15) is 0 Å². The molecular formula is C9H14O2. The first-order valence-corrected chi connectivity index (χ1v) is 3.87. The number of aliphatic hydroxyl groups excluding tert-OH is 1. The van der Waals surface area contributed by atoms with E-state index >= 15 is 0 Å². The average molecular weight is 154 g/mol. The minimum absolute atomic E-state index is 0.136. The lowest BCUT2D eigenvalue weighted by atomic mass is 10.1. The van der Waals surface area contributed by atoms with E-state index in [1.165, 1.54) is 0 Å². The second-order valence-corrected chi connectivity index (χ2v) is 2.83. The average Bonchev–Trinajstić information content (AvgIpc) is 2.26. The van der Waals surface area contributed by atoms with Gasteiger partial charge in [0.05, 0.1) is 12.2 Å². The van der Waals surface area contributed by atoms with Crippen molar-refractivity contribution in [2.45, 2.75) is 31.7 Å². The third-order valence-electron chi connectivity index (χ3n) is 1.78. The summed E-state index contributed by atoms with van der Waals surface area (Å²) in [6.07, 6.45) is 5.73. The highest BCUT2D eigenvalue weighted by atomic mass is 16.5. The highest BCUT2D eigenvalue weighted by Gasteiger charge is 2.28. The van der Waals surface area contributed by atoms with Gasteiger partial charge in [0.1, 0.15) is 6.10 Å². The van der Waals surface area contributed by atoms with Gasteiger partial charge in [-0.3, -0.25) is 0 Å². The van der Waals surface area contributed by atoms with Crippen molar-refractivity contribution in [1.29, 1.82) is 0 Å². The lowest BCUT2D eigenvalue weighted by Gasteiger charge is -2.07. The zero-order chi connectivity index (χ0) is 8.27. The molecule has 0 bridgehead atoms. The molecule has 1 rings (SSSR count). The molecule has 0 amide bonds. The molecule has 2 heteroatoms. The third kappa shape index (κ3) is 2.17. The van der Waals surface area contributed by atoms with Gasteiger partial charge in [-0.05, 0) is 6.92 Å². The Labute approximate surface area is 67.2 Å². The van der Waals surface area contributed by atoms with Crippen LogP contribution < -0.4 is 0 Å². The zero-order valence-electron chi connectivity index (χ0n) is 6.73. The maximum Gasteiger partial charge on any atom is 0.102 e. The number of allylic oxidation sites excluding steroid dienone is 2. The van der Waals surface area contributed by atoms with Gasteiger partial charge in [0.25, 0.3) is 0 Å². The van der Waals surface area contributed by atoms with Crippen LogP contribution in [-0.4, -0.2) is 23.4 Å². The van der Waals surface area contributed by atoms with Crippen LogP contribution in [0.15, 0.2) is 24.8 Å². The van der Waals surface area contributed by atoms with E-state index in [9.17, 15) is 5.11 Å². The van der Waals surface area contributed by atoms with Gasteiger partial charge in [0.2, 0.25) is 0 Å². The second kappa shape index (κ2) is 3.69. The number of aliphatic hydroxyl groups is 1. The van der Waals surface area contributed by atoms with Gasteiger partial charge >= 0.3 is 0 Å². The second-order valence-electron chi connectivity index (χ2n) is 2.83. The van der Waals surface area contributed by atoms with E-state index < -0.39 is 0 Å². The Bertz CT molecular complexity index is 163. The number of hydrogen-bond acceptors (Lipinski definition) is 2. The smallest absolute Gasteiger partial charge is 0.102 e. The van der Waals surface area contributed by atoms with Crippen LogP contribution in [0.3, 0.4) is 0 Å². The minimum atomic E-state index is -0.346. The fourth-order valence-electron chi connectivity index (χ4n) is 1.25. The molecule has 1 saturated heterocycles.